The molecule has 7 nitrogen and oxygen atoms in total. The van der Waals surface area contributed by atoms with Gasteiger partial charge in [0.25, 0.3) is 0 Å². The summed E-state index contributed by atoms with van der Waals surface area (Å²) in [5.41, 5.74) is 5.28. The normalized spacial score (nSPS) is 25.4. The number of carbonyl (C=O) groups excluding carboxylic acids is 1. The Morgan fingerprint density at radius 3 is 2.84 bits per heavy atom. The molecule has 1 unspecified atom stereocenters. The van der Waals surface area contributed by atoms with Crippen LogP contribution in [-0.4, -0.2) is 42.1 Å². The van der Waals surface area contributed by atoms with Gasteiger partial charge >= 0.3 is 5.97 Å². The van der Waals surface area contributed by atoms with Gasteiger partial charge in [-0.05, 0) is 20.3 Å². The highest BCUT2D eigenvalue weighted by molar-refractivity contribution is 7.91. The Kier molecular flexibility index (Phi) is 3.29. The highest BCUT2D eigenvalue weighted by Crippen LogP contribution is 2.33. The van der Waals surface area contributed by atoms with Crippen molar-refractivity contribution in [2.75, 3.05) is 23.8 Å². The fourth-order valence-electron chi connectivity index (χ4n) is 2.33. The van der Waals surface area contributed by atoms with E-state index in [4.69, 9.17) is 10.5 Å². The zero-order valence-corrected chi connectivity index (χ0v) is 11.7. The molecule has 0 radical (unpaired) electrons. The van der Waals surface area contributed by atoms with Gasteiger partial charge in [0.05, 0.1) is 30.0 Å². The van der Waals surface area contributed by atoms with Gasteiger partial charge in [-0.15, -0.1) is 0 Å². The maximum absolute atomic E-state index is 11.6. The van der Waals surface area contributed by atoms with Gasteiger partial charge in [-0.3, -0.25) is 0 Å². The molecule has 0 aliphatic carbocycles. The van der Waals surface area contributed by atoms with Crippen LogP contribution in [0.2, 0.25) is 0 Å². The SMILES string of the molecule is CCOC(=O)c1ncn(C2(C)CCS(=O)(=O)C2)c1N. The minimum absolute atomic E-state index is 0.00280. The molecule has 0 amide bonds. The lowest BCUT2D eigenvalue weighted by Gasteiger charge is -2.25. The molecule has 0 saturated carbocycles. The first-order valence-corrected chi connectivity index (χ1v) is 7.82. The largest absolute Gasteiger partial charge is 0.461 e. The fourth-order valence-corrected chi connectivity index (χ4v) is 4.45. The van der Waals surface area contributed by atoms with Gasteiger partial charge in [0, 0.05) is 0 Å². The summed E-state index contributed by atoms with van der Waals surface area (Å²) in [6.45, 7) is 3.72. The average Bonchev–Trinajstić information content (AvgIpc) is 2.81. The Bertz CT molecular complexity index is 607. The third-order valence-corrected chi connectivity index (χ3v) is 5.23. The van der Waals surface area contributed by atoms with Crippen LogP contribution in [0.3, 0.4) is 0 Å². The van der Waals surface area contributed by atoms with Crippen molar-refractivity contribution in [3.8, 4) is 0 Å². The van der Waals surface area contributed by atoms with Crippen LogP contribution in [0, 0.1) is 0 Å². The number of rotatable bonds is 3. The standard InChI is InChI=1S/C11H17N3O4S/c1-3-18-10(15)8-9(12)14(7-13-8)11(2)4-5-19(16,17)6-11/h7H,3-6,12H2,1-2H3. The molecule has 2 rings (SSSR count). The van der Waals surface area contributed by atoms with Gasteiger partial charge in [0.1, 0.15) is 5.82 Å². The van der Waals surface area contributed by atoms with E-state index >= 15 is 0 Å². The number of esters is 1. The average molecular weight is 287 g/mol. The quantitative estimate of drug-likeness (QED) is 0.795. The Morgan fingerprint density at radius 2 is 2.32 bits per heavy atom. The Morgan fingerprint density at radius 1 is 1.63 bits per heavy atom. The lowest BCUT2D eigenvalue weighted by molar-refractivity contribution is 0.0521. The van der Waals surface area contributed by atoms with Gasteiger partial charge in [-0.25, -0.2) is 18.2 Å². The van der Waals surface area contributed by atoms with Gasteiger partial charge in [0.2, 0.25) is 0 Å². The molecule has 0 aromatic carbocycles. The van der Waals surface area contributed by atoms with Crippen molar-refractivity contribution >= 4 is 21.6 Å². The van der Waals surface area contributed by atoms with E-state index in [1.807, 2.05) is 0 Å². The molecule has 8 heteroatoms. The number of nitrogen functional groups attached to an aromatic ring is 1. The number of imidazole rings is 1. The molecule has 0 bridgehead atoms. The van der Waals surface area contributed by atoms with Crippen molar-refractivity contribution in [2.24, 2.45) is 0 Å². The van der Waals surface area contributed by atoms with E-state index < -0.39 is 21.3 Å². The van der Waals surface area contributed by atoms with Gasteiger partial charge in [-0.2, -0.15) is 0 Å². The fraction of sp³-hybridized carbons (Fsp3) is 0.636. The van der Waals surface area contributed by atoms with Crippen LogP contribution < -0.4 is 5.73 Å². The second-order valence-electron chi connectivity index (χ2n) is 4.91. The number of anilines is 1. The molecular formula is C11H17N3O4S. The molecule has 1 aromatic heterocycles. The highest BCUT2D eigenvalue weighted by atomic mass is 32.2. The third-order valence-electron chi connectivity index (χ3n) is 3.34. The zero-order chi connectivity index (χ0) is 14.3. The Labute approximate surface area is 111 Å². The molecule has 1 aliphatic rings. The molecule has 1 atom stereocenters. The van der Waals surface area contributed by atoms with E-state index in [1.54, 1.807) is 18.4 Å². The van der Waals surface area contributed by atoms with Crippen molar-refractivity contribution in [1.82, 2.24) is 9.55 Å². The number of hydrogen-bond acceptors (Lipinski definition) is 6. The third kappa shape index (κ3) is 2.44. The predicted molar refractivity (Wildman–Crippen MR) is 69.5 cm³/mol. The number of carbonyl (C=O) groups is 1. The first kappa shape index (κ1) is 13.9. The van der Waals surface area contributed by atoms with E-state index in [9.17, 15) is 13.2 Å². The summed E-state index contributed by atoms with van der Waals surface area (Å²) in [5, 5.41) is 0. The molecule has 1 saturated heterocycles. The van der Waals surface area contributed by atoms with Crippen LogP contribution in [0.25, 0.3) is 0 Å². The Balaban J connectivity index is 2.35. The predicted octanol–water partition coefficient (Wildman–Crippen LogP) is 0.176. The van der Waals surface area contributed by atoms with Crippen LogP contribution in [-0.2, 0) is 20.1 Å². The maximum atomic E-state index is 11.6. The number of ether oxygens (including phenoxy) is 1. The summed E-state index contributed by atoms with van der Waals surface area (Å²) in [5.74, 6) is -0.320. The second kappa shape index (κ2) is 4.52. The van der Waals surface area contributed by atoms with E-state index in [2.05, 4.69) is 4.98 Å². The van der Waals surface area contributed by atoms with Crippen LogP contribution in [0.1, 0.15) is 30.8 Å². The van der Waals surface area contributed by atoms with Crippen LogP contribution in [0.15, 0.2) is 6.33 Å². The number of sulfone groups is 1. The first-order chi connectivity index (χ1) is 8.79. The van der Waals surface area contributed by atoms with E-state index in [-0.39, 0.29) is 29.6 Å². The summed E-state index contributed by atoms with van der Waals surface area (Å²) >= 11 is 0. The number of aromatic nitrogens is 2. The van der Waals surface area contributed by atoms with E-state index in [0.29, 0.717) is 6.42 Å². The lowest BCUT2D eigenvalue weighted by Crippen LogP contribution is -2.32. The topological polar surface area (TPSA) is 104 Å². The second-order valence-corrected chi connectivity index (χ2v) is 7.09. The molecule has 1 fully saturated rings. The number of hydrogen-bond donors (Lipinski definition) is 1. The molecular weight excluding hydrogens is 270 g/mol. The van der Waals surface area contributed by atoms with E-state index in [1.165, 1.54) is 6.33 Å². The van der Waals surface area contributed by atoms with Crippen LogP contribution >= 0.6 is 0 Å². The smallest absolute Gasteiger partial charge is 0.360 e. The van der Waals surface area contributed by atoms with Crippen molar-refractivity contribution in [2.45, 2.75) is 25.8 Å². The van der Waals surface area contributed by atoms with Crippen molar-refractivity contribution in [3.05, 3.63) is 12.0 Å². The molecule has 2 heterocycles. The van der Waals surface area contributed by atoms with Crippen LogP contribution in [0.4, 0.5) is 5.82 Å². The zero-order valence-electron chi connectivity index (χ0n) is 10.9. The summed E-state index contributed by atoms with van der Waals surface area (Å²) in [6, 6.07) is 0. The minimum Gasteiger partial charge on any atom is -0.461 e. The summed E-state index contributed by atoms with van der Waals surface area (Å²) < 4.78 is 29.6. The minimum atomic E-state index is -3.06. The summed E-state index contributed by atoms with van der Waals surface area (Å²) in [7, 11) is -3.06. The Hall–Kier alpha value is -1.57. The molecule has 1 aliphatic heterocycles. The monoisotopic (exact) mass is 287 g/mol. The maximum Gasteiger partial charge on any atom is 0.360 e. The molecule has 106 valence electrons. The van der Waals surface area contributed by atoms with Crippen LogP contribution in [0.5, 0.6) is 0 Å². The first-order valence-electron chi connectivity index (χ1n) is 6.00. The van der Waals surface area contributed by atoms with E-state index in [0.717, 1.165) is 0 Å². The molecule has 2 N–H and O–H groups in total. The highest BCUT2D eigenvalue weighted by Gasteiger charge is 2.41. The lowest BCUT2D eigenvalue weighted by atomic mass is 10.0. The van der Waals surface area contributed by atoms with Gasteiger partial charge < -0.3 is 15.0 Å². The molecule has 19 heavy (non-hydrogen) atoms. The van der Waals surface area contributed by atoms with Gasteiger partial charge in [0.15, 0.2) is 15.5 Å². The van der Waals surface area contributed by atoms with Gasteiger partial charge in [-0.1, -0.05) is 0 Å². The summed E-state index contributed by atoms with van der Waals surface area (Å²) in [4.78, 5) is 15.6. The van der Waals surface area contributed by atoms with Crippen molar-refractivity contribution in [3.63, 3.8) is 0 Å². The van der Waals surface area contributed by atoms with Crippen molar-refractivity contribution < 1.29 is 17.9 Å². The van der Waals surface area contributed by atoms with Crippen molar-refractivity contribution in [1.29, 1.82) is 0 Å². The molecule has 1 aromatic rings. The number of nitrogens with zero attached hydrogens (tertiary/aromatic N) is 2. The molecule has 0 spiro atoms. The summed E-state index contributed by atoms with van der Waals surface area (Å²) in [6.07, 6.45) is 1.86. The number of nitrogens with two attached hydrogens (primary N) is 1.